The van der Waals surface area contributed by atoms with Gasteiger partial charge in [-0.2, -0.15) is 0 Å². The fraction of sp³-hybridized carbons (Fsp3) is 0.529. The van der Waals surface area contributed by atoms with Gasteiger partial charge in [-0.3, -0.25) is 9.59 Å². The molecule has 2 atom stereocenters. The predicted molar refractivity (Wildman–Crippen MR) is 94.8 cm³/mol. The Morgan fingerprint density at radius 2 is 2.04 bits per heavy atom. The number of fused-ring (bicyclic) bond motifs is 1. The molecule has 1 aliphatic heterocycles. The monoisotopic (exact) mass is 339 g/mol. The van der Waals surface area contributed by atoms with Gasteiger partial charge in [-0.25, -0.2) is 0 Å². The van der Waals surface area contributed by atoms with Crippen molar-refractivity contribution in [3.05, 3.63) is 29.8 Å². The molecule has 2 unspecified atom stereocenters. The molecule has 0 saturated carbocycles. The molecule has 0 fully saturated rings. The van der Waals surface area contributed by atoms with Crippen molar-refractivity contribution in [2.75, 3.05) is 18.0 Å². The summed E-state index contributed by atoms with van der Waals surface area (Å²) in [5, 5.41) is 2.67. The fourth-order valence-electron chi connectivity index (χ4n) is 2.68. The fourth-order valence-corrected chi connectivity index (χ4v) is 2.68. The van der Waals surface area contributed by atoms with E-state index >= 15 is 0 Å². The maximum atomic E-state index is 12.4. The second-order valence-electron chi connectivity index (χ2n) is 5.91. The number of para-hydroxylation sites is 1. The number of hydrogen-bond acceptors (Lipinski definition) is 3. The minimum Gasteiger partial charge on any atom is -0.346 e. The van der Waals surface area contributed by atoms with Crippen LogP contribution in [0, 0.1) is 5.92 Å². The van der Waals surface area contributed by atoms with Crippen molar-refractivity contribution < 1.29 is 9.59 Å². The number of rotatable bonds is 5. The first kappa shape index (κ1) is 19.5. The molecule has 0 radical (unpaired) electrons. The van der Waals surface area contributed by atoms with E-state index in [0.717, 1.165) is 24.9 Å². The van der Waals surface area contributed by atoms with E-state index in [1.54, 1.807) is 4.90 Å². The van der Waals surface area contributed by atoms with Crippen LogP contribution in [0.3, 0.4) is 0 Å². The van der Waals surface area contributed by atoms with Crippen LogP contribution in [0.5, 0.6) is 0 Å². The smallest absolute Gasteiger partial charge is 0.246 e. The molecule has 5 nitrogen and oxygen atoms in total. The van der Waals surface area contributed by atoms with Gasteiger partial charge in [-0.05, 0) is 30.4 Å². The molecule has 0 spiro atoms. The third-order valence-electron chi connectivity index (χ3n) is 4.38. The topological polar surface area (TPSA) is 75.4 Å². The highest BCUT2D eigenvalue weighted by Gasteiger charge is 2.24. The van der Waals surface area contributed by atoms with Gasteiger partial charge < -0.3 is 16.0 Å². The zero-order chi connectivity index (χ0) is 16.1. The number of nitrogens with one attached hydrogen (secondary N) is 1. The van der Waals surface area contributed by atoms with E-state index in [4.69, 9.17) is 5.73 Å². The highest BCUT2D eigenvalue weighted by atomic mass is 35.5. The maximum absolute atomic E-state index is 12.4. The zero-order valence-electron chi connectivity index (χ0n) is 13.7. The van der Waals surface area contributed by atoms with Gasteiger partial charge in [-0.15, -0.1) is 12.4 Å². The Labute approximate surface area is 144 Å². The Morgan fingerprint density at radius 3 is 2.74 bits per heavy atom. The van der Waals surface area contributed by atoms with Crippen LogP contribution in [0.4, 0.5) is 5.69 Å². The Balaban J connectivity index is 0.00000264. The Kier molecular flexibility index (Phi) is 7.52. The highest BCUT2D eigenvalue weighted by Crippen LogP contribution is 2.26. The second kappa shape index (κ2) is 8.89. The first-order chi connectivity index (χ1) is 10.5. The van der Waals surface area contributed by atoms with Crippen LogP contribution in [0.15, 0.2) is 24.3 Å². The molecule has 23 heavy (non-hydrogen) atoms. The van der Waals surface area contributed by atoms with Crippen LogP contribution < -0.4 is 16.0 Å². The maximum Gasteiger partial charge on any atom is 0.246 e. The minimum atomic E-state index is -0.563. The average molecular weight is 340 g/mol. The second-order valence-corrected chi connectivity index (χ2v) is 5.91. The van der Waals surface area contributed by atoms with Crippen LogP contribution in [-0.4, -0.2) is 30.9 Å². The number of nitrogens with zero attached hydrogens (tertiary/aromatic N) is 1. The molecular weight excluding hydrogens is 314 g/mol. The summed E-state index contributed by atoms with van der Waals surface area (Å²) in [7, 11) is 0. The Morgan fingerprint density at radius 1 is 1.35 bits per heavy atom. The molecule has 2 rings (SSSR count). The first-order valence-electron chi connectivity index (χ1n) is 7.96. The van der Waals surface area contributed by atoms with Gasteiger partial charge in [0.1, 0.15) is 0 Å². The molecule has 1 aromatic rings. The van der Waals surface area contributed by atoms with Crippen LogP contribution >= 0.6 is 12.4 Å². The summed E-state index contributed by atoms with van der Waals surface area (Å²) in [5.74, 6) is -0.240. The van der Waals surface area contributed by atoms with Crippen molar-refractivity contribution in [3.63, 3.8) is 0 Å². The van der Waals surface area contributed by atoms with E-state index < -0.39 is 6.04 Å². The lowest BCUT2D eigenvalue weighted by Crippen LogP contribution is -2.49. The number of hydrogen-bond donors (Lipinski definition) is 2. The molecule has 3 N–H and O–H groups in total. The van der Waals surface area contributed by atoms with E-state index in [-0.39, 0.29) is 36.7 Å². The largest absolute Gasteiger partial charge is 0.346 e. The minimum absolute atomic E-state index is 0. The summed E-state index contributed by atoms with van der Waals surface area (Å²) in [6.07, 6.45) is 2.77. The molecule has 128 valence electrons. The van der Waals surface area contributed by atoms with Gasteiger partial charge in [0.05, 0.1) is 12.6 Å². The van der Waals surface area contributed by atoms with E-state index in [9.17, 15) is 9.59 Å². The van der Waals surface area contributed by atoms with Gasteiger partial charge in [-0.1, -0.05) is 38.5 Å². The number of amides is 2. The highest BCUT2D eigenvalue weighted by molar-refractivity contribution is 5.98. The molecule has 6 heteroatoms. The molecule has 0 saturated heterocycles. The van der Waals surface area contributed by atoms with Gasteiger partial charge in [0, 0.05) is 12.2 Å². The zero-order valence-corrected chi connectivity index (χ0v) is 14.6. The van der Waals surface area contributed by atoms with Gasteiger partial charge in [0.2, 0.25) is 11.8 Å². The van der Waals surface area contributed by atoms with Crippen molar-refractivity contribution in [1.29, 1.82) is 0 Å². The summed E-state index contributed by atoms with van der Waals surface area (Å²) in [6.45, 7) is 4.63. The van der Waals surface area contributed by atoms with Gasteiger partial charge >= 0.3 is 0 Å². The van der Waals surface area contributed by atoms with Crippen LogP contribution in [0.2, 0.25) is 0 Å². The summed E-state index contributed by atoms with van der Waals surface area (Å²) in [4.78, 5) is 26.1. The van der Waals surface area contributed by atoms with Crippen molar-refractivity contribution in [2.24, 2.45) is 11.7 Å². The molecule has 0 bridgehead atoms. The number of aryl methyl sites for hydroxylation is 1. The molecule has 1 heterocycles. The molecule has 1 aromatic carbocycles. The quantitative estimate of drug-likeness (QED) is 0.860. The van der Waals surface area contributed by atoms with E-state index in [1.165, 1.54) is 5.56 Å². The standard InChI is InChI=1S/C17H25N3O2.ClH/c1-3-12(2)16(18)17(22)19-11-15(21)20-10-6-8-13-7-4-5-9-14(13)20;/h4-5,7,9,12,16H,3,6,8,10-11,18H2,1-2H3,(H,19,22);1H. The van der Waals surface area contributed by atoms with Crippen molar-refractivity contribution in [1.82, 2.24) is 5.32 Å². The van der Waals surface area contributed by atoms with Crippen molar-refractivity contribution in [2.45, 2.75) is 39.2 Å². The number of carbonyl (C=O) groups excluding carboxylic acids is 2. The lowest BCUT2D eigenvalue weighted by atomic mass is 9.99. The lowest BCUT2D eigenvalue weighted by molar-refractivity contribution is -0.126. The SMILES string of the molecule is CCC(C)C(N)C(=O)NCC(=O)N1CCCc2ccccc21.Cl. The third kappa shape index (κ3) is 4.69. The number of nitrogens with two attached hydrogens (primary N) is 1. The van der Waals surface area contributed by atoms with E-state index in [1.807, 2.05) is 38.1 Å². The van der Waals surface area contributed by atoms with Crippen LogP contribution in [0.25, 0.3) is 0 Å². The number of halogens is 1. The molecule has 0 aliphatic carbocycles. The Hall–Kier alpha value is -1.59. The summed E-state index contributed by atoms with van der Waals surface area (Å²) < 4.78 is 0. The van der Waals surface area contributed by atoms with E-state index in [0.29, 0.717) is 6.54 Å². The van der Waals surface area contributed by atoms with Crippen LogP contribution in [0.1, 0.15) is 32.3 Å². The lowest BCUT2D eigenvalue weighted by Gasteiger charge is -2.29. The Bertz CT molecular complexity index is 550. The van der Waals surface area contributed by atoms with Gasteiger partial charge in [0.15, 0.2) is 0 Å². The third-order valence-corrected chi connectivity index (χ3v) is 4.38. The number of carbonyl (C=O) groups is 2. The first-order valence-corrected chi connectivity index (χ1v) is 7.96. The summed E-state index contributed by atoms with van der Waals surface area (Å²) in [5.41, 5.74) is 8.02. The number of anilines is 1. The summed E-state index contributed by atoms with van der Waals surface area (Å²) >= 11 is 0. The number of benzene rings is 1. The normalized spacial score (nSPS) is 15.9. The van der Waals surface area contributed by atoms with Crippen molar-refractivity contribution >= 4 is 29.9 Å². The van der Waals surface area contributed by atoms with Gasteiger partial charge in [0.25, 0.3) is 0 Å². The predicted octanol–water partition coefficient (Wildman–Crippen LogP) is 1.88. The van der Waals surface area contributed by atoms with E-state index in [2.05, 4.69) is 5.32 Å². The molecule has 0 aromatic heterocycles. The summed E-state index contributed by atoms with van der Waals surface area (Å²) in [6, 6.07) is 7.36. The van der Waals surface area contributed by atoms with Crippen LogP contribution in [-0.2, 0) is 16.0 Å². The molecule has 1 aliphatic rings. The molecule has 2 amide bonds. The molecular formula is C17H26ClN3O2. The average Bonchev–Trinajstić information content (AvgIpc) is 2.57. The van der Waals surface area contributed by atoms with Crippen molar-refractivity contribution in [3.8, 4) is 0 Å².